The van der Waals surface area contributed by atoms with Gasteiger partial charge in [-0.25, -0.2) is 0 Å². The Kier molecular flexibility index (Phi) is 3.41. The molecule has 1 unspecified atom stereocenters. The topological polar surface area (TPSA) is 32.7 Å². The van der Waals surface area contributed by atoms with Crippen molar-refractivity contribution >= 4 is 8.32 Å². The molecule has 0 spiro atoms. The molecule has 0 aliphatic carbocycles. The highest BCUT2D eigenvalue weighted by Gasteiger charge is 2.40. The van der Waals surface area contributed by atoms with E-state index in [0.717, 1.165) is 13.0 Å². The summed E-state index contributed by atoms with van der Waals surface area (Å²) >= 11 is 0. The third-order valence-electron chi connectivity index (χ3n) is 3.39. The minimum atomic E-state index is -1.64. The van der Waals surface area contributed by atoms with E-state index in [4.69, 9.17) is 4.43 Å². The van der Waals surface area contributed by atoms with Gasteiger partial charge in [0.05, 0.1) is 6.10 Å². The maximum atomic E-state index is 9.27. The summed E-state index contributed by atoms with van der Waals surface area (Å²) in [5.74, 6) is 0. The van der Waals surface area contributed by atoms with Crippen LogP contribution in [0.5, 0.6) is 0 Å². The summed E-state index contributed by atoms with van der Waals surface area (Å²) < 4.78 is 6.17. The molecule has 0 radical (unpaired) electrons. The molecule has 1 saturated heterocycles. The van der Waals surface area contributed by atoms with Gasteiger partial charge in [0.25, 0.3) is 0 Å². The lowest BCUT2D eigenvalue weighted by molar-refractivity contribution is -0.0751. The first-order valence-electron chi connectivity index (χ1n) is 5.34. The monoisotopic (exact) mass is 217 g/mol. The summed E-state index contributed by atoms with van der Waals surface area (Å²) in [6, 6.07) is 0. The van der Waals surface area contributed by atoms with Crippen molar-refractivity contribution in [2.45, 2.75) is 51.4 Å². The fraction of sp³-hybridized carbons (Fsp3) is 1.00. The van der Waals surface area contributed by atoms with Gasteiger partial charge >= 0.3 is 0 Å². The number of nitrogens with zero attached hydrogens (tertiary/aromatic N) is 1. The fourth-order valence-electron chi connectivity index (χ4n) is 1.40. The van der Waals surface area contributed by atoms with Crippen molar-refractivity contribution in [1.29, 1.82) is 0 Å². The van der Waals surface area contributed by atoms with E-state index in [9.17, 15) is 5.21 Å². The predicted molar refractivity (Wildman–Crippen MR) is 60.0 cm³/mol. The zero-order valence-corrected chi connectivity index (χ0v) is 11.0. The number of rotatable bonds is 2. The molecule has 4 heteroatoms. The summed E-state index contributed by atoms with van der Waals surface area (Å²) in [6.07, 6.45) is 1.20. The van der Waals surface area contributed by atoms with Gasteiger partial charge in [0.15, 0.2) is 8.32 Å². The van der Waals surface area contributed by atoms with Crippen LogP contribution in [0.1, 0.15) is 27.2 Å². The molecule has 0 aromatic rings. The van der Waals surface area contributed by atoms with E-state index in [1.807, 2.05) is 0 Å². The standard InChI is InChI=1S/C10H23NO2Si/c1-10(2,3)14(4,5)13-9-6-7-11(12)8-9/h9,12H,6-8H2,1-5H3. The lowest BCUT2D eigenvalue weighted by Gasteiger charge is -2.38. The molecular weight excluding hydrogens is 194 g/mol. The predicted octanol–water partition coefficient (Wildman–Crippen LogP) is 2.47. The van der Waals surface area contributed by atoms with Crippen LogP contribution in [0.25, 0.3) is 0 Å². The molecule has 0 bridgehead atoms. The Labute approximate surface area is 88.1 Å². The quantitative estimate of drug-likeness (QED) is 0.721. The van der Waals surface area contributed by atoms with Crippen LogP contribution in [0.2, 0.25) is 18.1 Å². The SMILES string of the molecule is CC(C)(C)[Si](C)(C)OC1CCN(O)C1. The van der Waals surface area contributed by atoms with Crippen LogP contribution >= 0.6 is 0 Å². The lowest BCUT2D eigenvalue weighted by atomic mass is 10.2. The van der Waals surface area contributed by atoms with E-state index in [-0.39, 0.29) is 11.1 Å². The Morgan fingerprint density at radius 2 is 1.93 bits per heavy atom. The summed E-state index contributed by atoms with van der Waals surface area (Å²) in [5, 5.41) is 10.9. The van der Waals surface area contributed by atoms with Gasteiger partial charge in [0, 0.05) is 13.1 Å². The molecule has 0 saturated carbocycles. The first kappa shape index (κ1) is 12.2. The molecule has 3 nitrogen and oxygen atoms in total. The zero-order chi connectivity index (χ0) is 11.0. The number of hydrogen-bond acceptors (Lipinski definition) is 3. The Morgan fingerprint density at radius 1 is 1.36 bits per heavy atom. The van der Waals surface area contributed by atoms with Gasteiger partial charge in [0.2, 0.25) is 0 Å². The minimum absolute atomic E-state index is 0.237. The molecule has 84 valence electrons. The second-order valence-electron chi connectivity index (χ2n) is 5.70. The van der Waals surface area contributed by atoms with Crippen LogP contribution in [-0.2, 0) is 4.43 Å². The van der Waals surface area contributed by atoms with Gasteiger partial charge < -0.3 is 9.63 Å². The van der Waals surface area contributed by atoms with Gasteiger partial charge in [-0.15, -0.1) is 0 Å². The van der Waals surface area contributed by atoms with Gasteiger partial charge in [0.1, 0.15) is 0 Å². The molecule has 1 aliphatic heterocycles. The molecule has 0 amide bonds. The van der Waals surface area contributed by atoms with E-state index in [1.54, 1.807) is 0 Å². The second kappa shape index (κ2) is 3.93. The molecule has 14 heavy (non-hydrogen) atoms. The molecular formula is C10H23NO2Si. The number of hydrogen-bond donors (Lipinski definition) is 1. The summed E-state index contributed by atoms with van der Waals surface area (Å²) in [6.45, 7) is 12.7. The maximum Gasteiger partial charge on any atom is 0.192 e. The molecule has 1 aliphatic rings. The van der Waals surface area contributed by atoms with Gasteiger partial charge in [-0.1, -0.05) is 20.8 Å². The molecule has 1 N–H and O–H groups in total. The van der Waals surface area contributed by atoms with Crippen molar-refractivity contribution in [3.05, 3.63) is 0 Å². The van der Waals surface area contributed by atoms with Crippen molar-refractivity contribution in [2.75, 3.05) is 13.1 Å². The van der Waals surface area contributed by atoms with Crippen LogP contribution in [-0.4, -0.2) is 37.8 Å². The van der Waals surface area contributed by atoms with Crippen molar-refractivity contribution in [2.24, 2.45) is 0 Å². The van der Waals surface area contributed by atoms with Crippen molar-refractivity contribution in [3.8, 4) is 0 Å². The first-order valence-corrected chi connectivity index (χ1v) is 8.25. The fourth-order valence-corrected chi connectivity index (χ4v) is 2.78. The van der Waals surface area contributed by atoms with Gasteiger partial charge in [-0.05, 0) is 24.6 Å². The van der Waals surface area contributed by atoms with Crippen LogP contribution < -0.4 is 0 Å². The summed E-state index contributed by atoms with van der Waals surface area (Å²) in [4.78, 5) is 0. The second-order valence-corrected chi connectivity index (χ2v) is 10.5. The van der Waals surface area contributed by atoms with Crippen LogP contribution in [0.4, 0.5) is 0 Å². The van der Waals surface area contributed by atoms with Crippen LogP contribution in [0, 0.1) is 0 Å². The molecule has 1 fully saturated rings. The van der Waals surface area contributed by atoms with E-state index >= 15 is 0 Å². The van der Waals surface area contributed by atoms with Crippen LogP contribution in [0.3, 0.4) is 0 Å². The Morgan fingerprint density at radius 3 is 2.29 bits per heavy atom. The zero-order valence-electron chi connectivity index (χ0n) is 10.0. The lowest BCUT2D eigenvalue weighted by Crippen LogP contribution is -2.44. The van der Waals surface area contributed by atoms with Crippen molar-refractivity contribution in [1.82, 2.24) is 5.06 Å². The molecule has 1 heterocycles. The normalized spacial score (nSPS) is 25.7. The van der Waals surface area contributed by atoms with Crippen molar-refractivity contribution < 1.29 is 9.63 Å². The Balaban J connectivity index is 2.51. The molecule has 0 aromatic carbocycles. The molecule has 1 atom stereocenters. The van der Waals surface area contributed by atoms with Crippen LogP contribution in [0.15, 0.2) is 0 Å². The maximum absolute atomic E-state index is 9.27. The third kappa shape index (κ3) is 2.79. The third-order valence-corrected chi connectivity index (χ3v) is 7.93. The van der Waals surface area contributed by atoms with E-state index in [1.165, 1.54) is 5.06 Å². The average Bonchev–Trinajstić information content (AvgIpc) is 2.31. The molecule has 1 rings (SSSR count). The van der Waals surface area contributed by atoms with E-state index in [0.29, 0.717) is 6.54 Å². The Hall–Kier alpha value is 0.0969. The van der Waals surface area contributed by atoms with Gasteiger partial charge in [-0.3, -0.25) is 0 Å². The summed E-state index contributed by atoms with van der Waals surface area (Å²) in [7, 11) is -1.64. The smallest absolute Gasteiger partial charge is 0.192 e. The van der Waals surface area contributed by atoms with Gasteiger partial charge in [-0.2, -0.15) is 5.06 Å². The molecule has 0 aromatic heterocycles. The summed E-state index contributed by atoms with van der Waals surface area (Å²) in [5.41, 5.74) is 0. The average molecular weight is 217 g/mol. The largest absolute Gasteiger partial charge is 0.412 e. The highest BCUT2D eigenvalue weighted by molar-refractivity contribution is 6.74. The highest BCUT2D eigenvalue weighted by Crippen LogP contribution is 2.38. The van der Waals surface area contributed by atoms with Crippen molar-refractivity contribution in [3.63, 3.8) is 0 Å². The van der Waals surface area contributed by atoms with E-state index in [2.05, 4.69) is 33.9 Å². The number of hydroxylamine groups is 2. The minimum Gasteiger partial charge on any atom is -0.412 e. The van der Waals surface area contributed by atoms with E-state index < -0.39 is 8.32 Å². The highest BCUT2D eigenvalue weighted by atomic mass is 28.4. The Bertz CT molecular complexity index is 201. The first-order chi connectivity index (χ1) is 6.22.